The Balaban J connectivity index is 1.97. The molecular formula is C13H9NO2S3. The molecule has 1 heterocycles. The van der Waals surface area contributed by atoms with Gasteiger partial charge in [-0.25, -0.2) is 13.4 Å². The van der Waals surface area contributed by atoms with E-state index in [0.717, 1.165) is 21.0 Å². The maximum Gasteiger partial charge on any atom is 0.236 e. The zero-order valence-electron chi connectivity index (χ0n) is 9.68. The van der Waals surface area contributed by atoms with E-state index in [-0.39, 0.29) is 0 Å². The van der Waals surface area contributed by atoms with Crippen LogP contribution in [0.4, 0.5) is 0 Å². The molecule has 0 amide bonds. The van der Waals surface area contributed by atoms with Crippen LogP contribution in [-0.4, -0.2) is 13.4 Å². The molecule has 1 aromatic heterocycles. The van der Waals surface area contributed by atoms with Crippen molar-refractivity contribution >= 4 is 41.2 Å². The lowest BCUT2D eigenvalue weighted by atomic mass is 10.3. The molecule has 0 aliphatic heterocycles. The van der Waals surface area contributed by atoms with Crippen molar-refractivity contribution in [2.75, 3.05) is 0 Å². The average Bonchev–Trinajstić information content (AvgIpc) is 2.81. The van der Waals surface area contributed by atoms with Crippen LogP contribution in [0, 0.1) is 0 Å². The Labute approximate surface area is 118 Å². The molecule has 0 bridgehead atoms. The van der Waals surface area contributed by atoms with Crippen molar-refractivity contribution in [3.63, 3.8) is 0 Å². The number of para-hydroxylation sites is 1. The van der Waals surface area contributed by atoms with Gasteiger partial charge in [0.2, 0.25) is 8.87 Å². The maximum atomic E-state index is 12.2. The topological polar surface area (TPSA) is 47.0 Å². The Morgan fingerprint density at radius 3 is 2.37 bits per heavy atom. The fourth-order valence-corrected chi connectivity index (χ4v) is 6.04. The van der Waals surface area contributed by atoms with E-state index in [9.17, 15) is 8.42 Å². The Hall–Kier alpha value is -1.37. The SMILES string of the molecule is O=S(=O)(Sc1nc2ccccc2s1)c1ccccc1. The van der Waals surface area contributed by atoms with Gasteiger partial charge in [0, 0.05) is 10.8 Å². The van der Waals surface area contributed by atoms with E-state index in [2.05, 4.69) is 4.98 Å². The summed E-state index contributed by atoms with van der Waals surface area (Å²) in [6.07, 6.45) is 0. The highest BCUT2D eigenvalue weighted by molar-refractivity contribution is 8.72. The fraction of sp³-hybridized carbons (Fsp3) is 0. The van der Waals surface area contributed by atoms with Crippen molar-refractivity contribution in [2.24, 2.45) is 0 Å². The van der Waals surface area contributed by atoms with Crippen molar-refractivity contribution in [3.05, 3.63) is 54.6 Å². The zero-order chi connectivity index (χ0) is 13.3. The zero-order valence-corrected chi connectivity index (χ0v) is 12.1. The van der Waals surface area contributed by atoms with Crippen LogP contribution in [0.3, 0.4) is 0 Å². The van der Waals surface area contributed by atoms with Gasteiger partial charge in [-0.3, -0.25) is 0 Å². The second-order valence-electron chi connectivity index (χ2n) is 3.80. The number of nitrogens with zero attached hydrogens (tertiary/aromatic N) is 1. The van der Waals surface area contributed by atoms with Crippen molar-refractivity contribution in [1.29, 1.82) is 0 Å². The molecule has 0 unspecified atom stereocenters. The first kappa shape index (κ1) is 12.7. The summed E-state index contributed by atoms with van der Waals surface area (Å²) >= 11 is 1.39. The predicted octanol–water partition coefficient (Wildman–Crippen LogP) is 3.78. The Kier molecular flexibility index (Phi) is 3.30. The van der Waals surface area contributed by atoms with Crippen molar-refractivity contribution in [3.8, 4) is 0 Å². The monoisotopic (exact) mass is 307 g/mol. The Morgan fingerprint density at radius 2 is 1.63 bits per heavy atom. The van der Waals surface area contributed by atoms with Crippen molar-refractivity contribution < 1.29 is 8.42 Å². The van der Waals surface area contributed by atoms with Crippen LogP contribution in [0.5, 0.6) is 0 Å². The van der Waals surface area contributed by atoms with Gasteiger partial charge in [0.1, 0.15) is 0 Å². The second-order valence-corrected chi connectivity index (χ2v) is 8.84. The molecule has 2 aromatic carbocycles. The summed E-state index contributed by atoms with van der Waals surface area (Å²) in [5.41, 5.74) is 0.832. The number of rotatable bonds is 3. The van der Waals surface area contributed by atoms with Gasteiger partial charge >= 0.3 is 0 Å². The van der Waals surface area contributed by atoms with Crippen LogP contribution in [0.2, 0.25) is 0 Å². The highest BCUT2D eigenvalue weighted by Gasteiger charge is 2.18. The van der Waals surface area contributed by atoms with Gasteiger partial charge in [-0.2, -0.15) is 0 Å². The second kappa shape index (κ2) is 4.96. The van der Waals surface area contributed by atoms with Crippen LogP contribution < -0.4 is 0 Å². The lowest BCUT2D eigenvalue weighted by Crippen LogP contribution is -1.93. The molecule has 0 fully saturated rings. The smallest absolute Gasteiger partial charge is 0.229 e. The number of hydrogen-bond donors (Lipinski definition) is 0. The molecule has 96 valence electrons. The molecular weight excluding hydrogens is 298 g/mol. The lowest BCUT2D eigenvalue weighted by molar-refractivity contribution is 0.610. The minimum Gasteiger partial charge on any atom is -0.229 e. The van der Waals surface area contributed by atoms with Crippen molar-refractivity contribution in [2.45, 2.75) is 9.24 Å². The average molecular weight is 307 g/mol. The molecule has 0 radical (unpaired) electrons. The lowest BCUT2D eigenvalue weighted by Gasteiger charge is -1.99. The molecule has 0 aliphatic carbocycles. The van der Waals surface area contributed by atoms with E-state index >= 15 is 0 Å². The molecule has 19 heavy (non-hydrogen) atoms. The molecule has 0 spiro atoms. The first-order chi connectivity index (χ1) is 9.15. The fourth-order valence-electron chi connectivity index (χ4n) is 1.62. The van der Waals surface area contributed by atoms with Gasteiger partial charge in [0.05, 0.1) is 15.1 Å². The van der Waals surface area contributed by atoms with Gasteiger partial charge < -0.3 is 0 Å². The van der Waals surface area contributed by atoms with Crippen LogP contribution in [0.15, 0.2) is 63.8 Å². The highest BCUT2D eigenvalue weighted by Crippen LogP contribution is 2.35. The first-order valence-electron chi connectivity index (χ1n) is 5.50. The third kappa shape index (κ3) is 2.65. The van der Waals surface area contributed by atoms with E-state index in [1.54, 1.807) is 30.3 Å². The quantitative estimate of drug-likeness (QED) is 0.691. The van der Waals surface area contributed by atoms with E-state index in [1.807, 2.05) is 24.3 Å². The van der Waals surface area contributed by atoms with Crippen LogP contribution in [0.25, 0.3) is 10.2 Å². The predicted molar refractivity (Wildman–Crippen MR) is 79.1 cm³/mol. The molecule has 0 aliphatic rings. The van der Waals surface area contributed by atoms with Crippen LogP contribution >= 0.6 is 22.1 Å². The Morgan fingerprint density at radius 1 is 0.947 bits per heavy atom. The van der Waals surface area contributed by atoms with Gasteiger partial charge in [-0.1, -0.05) is 30.3 Å². The standard InChI is InChI=1S/C13H9NO2S3/c15-19(16,10-6-2-1-3-7-10)18-13-14-11-8-4-5-9-12(11)17-13/h1-9H. The molecule has 3 nitrogen and oxygen atoms in total. The number of hydrogen-bond acceptors (Lipinski definition) is 5. The molecule has 6 heteroatoms. The molecule has 3 rings (SSSR count). The third-order valence-corrected chi connectivity index (χ3v) is 7.15. The molecule has 0 saturated heterocycles. The van der Waals surface area contributed by atoms with Crippen molar-refractivity contribution in [1.82, 2.24) is 4.98 Å². The third-order valence-electron chi connectivity index (χ3n) is 2.49. The summed E-state index contributed by atoms with van der Waals surface area (Å²) in [5.74, 6) is 0. The number of benzene rings is 2. The summed E-state index contributed by atoms with van der Waals surface area (Å²) in [4.78, 5) is 4.63. The first-order valence-corrected chi connectivity index (χ1v) is 9.13. The van der Waals surface area contributed by atoms with E-state index in [4.69, 9.17) is 0 Å². The normalized spacial score (nSPS) is 11.8. The summed E-state index contributed by atoms with van der Waals surface area (Å²) in [6, 6.07) is 16.0. The van der Waals surface area contributed by atoms with Gasteiger partial charge in [-0.15, -0.1) is 11.3 Å². The van der Waals surface area contributed by atoms with E-state index in [0.29, 0.717) is 9.24 Å². The minimum absolute atomic E-state index is 0.305. The van der Waals surface area contributed by atoms with Crippen LogP contribution in [-0.2, 0) is 8.87 Å². The molecule has 0 N–H and O–H groups in total. The largest absolute Gasteiger partial charge is 0.236 e. The number of fused-ring (bicyclic) bond motifs is 1. The number of thiazole rings is 1. The van der Waals surface area contributed by atoms with Crippen LogP contribution in [0.1, 0.15) is 0 Å². The van der Waals surface area contributed by atoms with E-state index < -0.39 is 8.87 Å². The Bertz CT molecular complexity index is 777. The summed E-state index contributed by atoms with van der Waals surface area (Å²) < 4.78 is 26.0. The van der Waals surface area contributed by atoms with Gasteiger partial charge in [0.15, 0.2) is 4.34 Å². The molecule has 0 saturated carbocycles. The van der Waals surface area contributed by atoms with Gasteiger partial charge in [0.25, 0.3) is 0 Å². The minimum atomic E-state index is -3.40. The highest BCUT2D eigenvalue weighted by atomic mass is 33.1. The summed E-state index contributed by atoms with van der Waals surface area (Å²) in [7, 11) is -2.59. The molecule has 3 aromatic rings. The summed E-state index contributed by atoms with van der Waals surface area (Å²) in [5, 5.41) is 0. The van der Waals surface area contributed by atoms with Gasteiger partial charge in [-0.05, 0) is 24.3 Å². The molecule has 0 atom stereocenters. The van der Waals surface area contributed by atoms with E-state index in [1.165, 1.54) is 11.3 Å². The summed E-state index contributed by atoms with van der Waals surface area (Å²) in [6.45, 7) is 0. The maximum absolute atomic E-state index is 12.2. The number of aromatic nitrogens is 1.